The maximum absolute atomic E-state index is 11.4. The molecule has 2 unspecified atom stereocenters. The first kappa shape index (κ1) is 17.0. The monoisotopic (exact) mass is 407 g/mol. The van der Waals surface area contributed by atoms with E-state index in [1.165, 1.54) is 5.56 Å². The Balaban J connectivity index is 1.91. The van der Waals surface area contributed by atoms with Gasteiger partial charge in [0.1, 0.15) is 5.60 Å². The number of fused-ring (bicyclic) bond motifs is 1. The molecule has 4 rings (SSSR count). The number of ether oxygens (including phenoxy) is 1. The molecule has 2 atom stereocenters. The van der Waals surface area contributed by atoms with Gasteiger partial charge in [0.2, 0.25) is 5.90 Å². The second-order valence-corrected chi connectivity index (χ2v) is 9.87. The lowest BCUT2D eigenvalue weighted by atomic mass is 9.54. The number of hydrogen-bond donors (Lipinski definition) is 0. The van der Waals surface area contributed by atoms with Crippen molar-refractivity contribution in [3.8, 4) is 0 Å². The summed E-state index contributed by atoms with van der Waals surface area (Å²) in [6.07, 6.45) is 6.00. The molecule has 0 aromatic heterocycles. The minimum Gasteiger partial charge on any atom is -0.473 e. The van der Waals surface area contributed by atoms with Crippen molar-refractivity contribution in [3.05, 3.63) is 33.3 Å². The van der Waals surface area contributed by atoms with E-state index in [1.807, 2.05) is 12.1 Å². The van der Waals surface area contributed by atoms with Crippen molar-refractivity contribution in [2.75, 3.05) is 0 Å². The summed E-state index contributed by atoms with van der Waals surface area (Å²) in [5.74, 6) is 0.214. The van der Waals surface area contributed by atoms with Crippen molar-refractivity contribution in [2.24, 2.45) is 4.40 Å². The van der Waals surface area contributed by atoms with Gasteiger partial charge >= 0.3 is 9.24 Å². The van der Waals surface area contributed by atoms with E-state index in [2.05, 4.69) is 4.40 Å². The summed E-state index contributed by atoms with van der Waals surface area (Å²) in [4.78, 5) is 0. The summed E-state index contributed by atoms with van der Waals surface area (Å²) in [5, 5.41) is 1.06. The number of benzene rings is 1. The van der Waals surface area contributed by atoms with Crippen LogP contribution in [0.15, 0.2) is 16.5 Å². The highest BCUT2D eigenvalue weighted by Gasteiger charge is 2.63. The van der Waals surface area contributed by atoms with E-state index >= 15 is 0 Å². The topological polar surface area (TPSA) is 55.7 Å². The highest BCUT2D eigenvalue weighted by atomic mass is 35.7. The van der Waals surface area contributed by atoms with Gasteiger partial charge < -0.3 is 4.74 Å². The predicted molar refractivity (Wildman–Crippen MR) is 95.6 cm³/mol. The summed E-state index contributed by atoms with van der Waals surface area (Å²) in [7, 11) is 1.31. The molecule has 2 fully saturated rings. The van der Waals surface area contributed by atoms with Crippen molar-refractivity contribution in [1.29, 1.82) is 0 Å². The van der Waals surface area contributed by atoms with Crippen molar-refractivity contribution >= 4 is 49.0 Å². The van der Waals surface area contributed by atoms with E-state index in [1.54, 1.807) is 0 Å². The maximum atomic E-state index is 11.4. The Morgan fingerprint density at radius 3 is 2.54 bits per heavy atom. The van der Waals surface area contributed by atoms with Crippen LogP contribution in [0.5, 0.6) is 0 Å². The second kappa shape index (κ2) is 5.50. The van der Waals surface area contributed by atoms with E-state index in [0.717, 1.165) is 44.1 Å². The predicted octanol–water partition coefficient (Wildman–Crippen LogP) is 4.79. The maximum Gasteiger partial charge on any atom is 0.342 e. The molecule has 130 valence electrons. The molecule has 4 nitrogen and oxygen atoms in total. The molecule has 0 spiro atoms. The first-order valence-corrected chi connectivity index (χ1v) is 11.0. The number of aryl methyl sites for hydroxylation is 1. The van der Waals surface area contributed by atoms with Gasteiger partial charge in [0, 0.05) is 22.5 Å². The Labute approximate surface area is 155 Å². The van der Waals surface area contributed by atoms with Gasteiger partial charge in [-0.25, -0.2) is 0 Å². The van der Waals surface area contributed by atoms with E-state index in [4.69, 9.17) is 38.6 Å². The van der Waals surface area contributed by atoms with Gasteiger partial charge in [0.25, 0.3) is 0 Å². The molecule has 1 heterocycles. The third-order valence-electron chi connectivity index (χ3n) is 5.74. The normalized spacial score (nSPS) is 33.5. The molecule has 1 saturated heterocycles. The molecular formula is C16H16Cl3NO3S. The van der Waals surface area contributed by atoms with Crippen LogP contribution in [-0.2, 0) is 25.8 Å². The van der Waals surface area contributed by atoms with Crippen LogP contribution in [0.3, 0.4) is 0 Å². The summed E-state index contributed by atoms with van der Waals surface area (Å²) in [6, 6.07) is 3.86. The Kier molecular flexibility index (Phi) is 3.89. The Hall–Kier alpha value is -0.490. The van der Waals surface area contributed by atoms with Gasteiger partial charge in [0.05, 0.1) is 10.0 Å². The van der Waals surface area contributed by atoms with Gasteiger partial charge in [-0.15, -0.1) is 4.40 Å². The molecule has 0 bridgehead atoms. The van der Waals surface area contributed by atoms with Crippen LogP contribution in [-0.4, -0.2) is 19.9 Å². The second-order valence-electron chi connectivity index (χ2n) is 6.88. The zero-order chi connectivity index (χ0) is 17.2. The quantitative estimate of drug-likeness (QED) is 0.628. The third-order valence-corrected chi connectivity index (χ3v) is 7.09. The van der Waals surface area contributed by atoms with E-state index in [0.29, 0.717) is 16.5 Å². The first-order chi connectivity index (χ1) is 11.2. The summed E-state index contributed by atoms with van der Waals surface area (Å²) < 4.78 is 32.6. The van der Waals surface area contributed by atoms with Crippen molar-refractivity contribution in [2.45, 2.75) is 56.0 Å². The van der Waals surface area contributed by atoms with Gasteiger partial charge in [-0.1, -0.05) is 29.6 Å². The Morgan fingerprint density at radius 1 is 1.08 bits per heavy atom. The minimum absolute atomic E-state index is 0.214. The van der Waals surface area contributed by atoms with E-state index in [-0.39, 0.29) is 11.3 Å². The van der Waals surface area contributed by atoms with Crippen LogP contribution < -0.4 is 0 Å². The molecule has 2 aliphatic carbocycles. The first-order valence-electron chi connectivity index (χ1n) is 7.96. The highest BCUT2D eigenvalue weighted by molar-refractivity contribution is 8.12. The SMILES string of the molecule is O=S(=O)(Cl)N=C1CC23CCCCC2(CCc2cc(Cl)c(Cl)cc23)O1. The molecule has 8 heteroatoms. The van der Waals surface area contributed by atoms with Crippen LogP contribution in [0, 0.1) is 0 Å². The third kappa shape index (κ3) is 2.47. The number of halogens is 3. The fourth-order valence-corrected chi connectivity index (χ4v) is 5.79. The van der Waals surface area contributed by atoms with E-state index in [9.17, 15) is 8.42 Å². The van der Waals surface area contributed by atoms with Crippen LogP contribution in [0.4, 0.5) is 0 Å². The average Bonchev–Trinajstić information content (AvgIpc) is 2.81. The van der Waals surface area contributed by atoms with Crippen molar-refractivity contribution in [1.82, 2.24) is 0 Å². The van der Waals surface area contributed by atoms with Crippen LogP contribution >= 0.6 is 33.9 Å². The molecule has 3 aliphatic rings. The smallest absolute Gasteiger partial charge is 0.342 e. The van der Waals surface area contributed by atoms with Gasteiger partial charge in [0.15, 0.2) is 0 Å². The Bertz CT molecular complexity index is 854. The van der Waals surface area contributed by atoms with Crippen molar-refractivity contribution in [3.63, 3.8) is 0 Å². The minimum atomic E-state index is -4.00. The molecule has 1 aromatic rings. The molecular weight excluding hydrogens is 393 g/mol. The van der Waals surface area contributed by atoms with Gasteiger partial charge in [-0.05, 0) is 55.4 Å². The average molecular weight is 409 g/mol. The van der Waals surface area contributed by atoms with Gasteiger partial charge in [-0.2, -0.15) is 8.42 Å². The zero-order valence-corrected chi connectivity index (χ0v) is 15.9. The molecule has 0 amide bonds. The molecule has 1 aliphatic heterocycles. The van der Waals surface area contributed by atoms with Crippen LogP contribution in [0.2, 0.25) is 10.0 Å². The lowest BCUT2D eigenvalue weighted by Crippen LogP contribution is -2.53. The molecule has 0 N–H and O–H groups in total. The summed E-state index contributed by atoms with van der Waals surface area (Å²) >= 11 is 12.5. The largest absolute Gasteiger partial charge is 0.473 e. The number of hydrogen-bond acceptors (Lipinski definition) is 3. The fourth-order valence-electron chi connectivity index (χ4n) is 4.86. The standard InChI is InChI=1S/C16H16Cl3NO3S/c17-12-7-10-3-6-16-5-2-1-4-15(16,11(10)8-13(12)18)9-14(23-16)20-24(19,21)22/h7-8H,1-6,9H2. The molecule has 0 radical (unpaired) electrons. The van der Waals surface area contributed by atoms with Crippen LogP contribution in [0.1, 0.15) is 49.7 Å². The fraction of sp³-hybridized carbons (Fsp3) is 0.562. The number of nitrogens with zero attached hydrogens (tertiary/aromatic N) is 1. The lowest BCUT2D eigenvalue weighted by molar-refractivity contribution is -0.0324. The molecule has 24 heavy (non-hydrogen) atoms. The summed E-state index contributed by atoms with van der Waals surface area (Å²) in [6.45, 7) is 0. The highest BCUT2D eigenvalue weighted by Crippen LogP contribution is 2.61. The molecule has 1 saturated carbocycles. The lowest BCUT2D eigenvalue weighted by Gasteiger charge is -2.51. The summed E-state index contributed by atoms with van der Waals surface area (Å²) in [5.41, 5.74) is 1.57. The van der Waals surface area contributed by atoms with Crippen molar-refractivity contribution < 1.29 is 13.2 Å². The number of rotatable bonds is 1. The molecule has 1 aromatic carbocycles. The van der Waals surface area contributed by atoms with Gasteiger partial charge in [-0.3, -0.25) is 0 Å². The Morgan fingerprint density at radius 2 is 1.79 bits per heavy atom. The zero-order valence-electron chi connectivity index (χ0n) is 12.8. The van der Waals surface area contributed by atoms with Crippen LogP contribution in [0.25, 0.3) is 0 Å². The van der Waals surface area contributed by atoms with E-state index < -0.39 is 14.8 Å².